The number of carbonyl (C=O) groups is 1. The molecule has 0 radical (unpaired) electrons. The number of nitrogens with one attached hydrogen (secondary N) is 2. The highest BCUT2D eigenvalue weighted by molar-refractivity contribution is 5.97. The number of phenolic OH excluding ortho intramolecular Hbond substituents is 1. The minimum atomic E-state index is -0.0581. The average Bonchev–Trinajstić information content (AvgIpc) is 3.50. The van der Waals surface area contributed by atoms with Crippen molar-refractivity contribution < 1.29 is 14.6 Å². The van der Waals surface area contributed by atoms with E-state index in [0.717, 1.165) is 35.4 Å². The number of phenols is 1. The van der Waals surface area contributed by atoms with Gasteiger partial charge in [0.2, 0.25) is 5.88 Å². The summed E-state index contributed by atoms with van der Waals surface area (Å²) in [5.74, 6) is 1.04. The largest absolute Gasteiger partial charge is 0.507 e. The molecule has 0 aliphatic rings. The molecule has 5 rings (SSSR count). The Morgan fingerprint density at radius 2 is 1.95 bits per heavy atom. The molecule has 194 valence electrons. The number of nitrogens with zero attached hydrogens (tertiary/aromatic N) is 4. The Kier molecular flexibility index (Phi) is 6.83. The van der Waals surface area contributed by atoms with Crippen LogP contribution in [0.15, 0.2) is 54.7 Å². The predicted molar refractivity (Wildman–Crippen MR) is 146 cm³/mol. The highest BCUT2D eigenvalue weighted by atomic mass is 16.5. The molecule has 0 saturated carbocycles. The lowest BCUT2D eigenvalue weighted by Gasteiger charge is -2.17. The summed E-state index contributed by atoms with van der Waals surface area (Å²) in [6.45, 7) is 4.64. The zero-order chi connectivity index (χ0) is 26.8. The van der Waals surface area contributed by atoms with E-state index >= 15 is 0 Å². The number of aromatic hydroxyl groups is 1. The smallest absolute Gasteiger partial charge is 0.253 e. The van der Waals surface area contributed by atoms with E-state index in [0.29, 0.717) is 40.4 Å². The van der Waals surface area contributed by atoms with E-state index in [1.807, 2.05) is 51.2 Å². The van der Waals surface area contributed by atoms with Gasteiger partial charge in [0.25, 0.3) is 5.91 Å². The molecule has 1 amide bonds. The van der Waals surface area contributed by atoms with Gasteiger partial charge in [-0.15, -0.1) is 0 Å². The van der Waals surface area contributed by atoms with Crippen molar-refractivity contribution >= 4 is 16.9 Å². The van der Waals surface area contributed by atoms with Crippen molar-refractivity contribution in [2.24, 2.45) is 0 Å². The maximum atomic E-state index is 13.1. The van der Waals surface area contributed by atoms with Gasteiger partial charge < -0.3 is 19.7 Å². The van der Waals surface area contributed by atoms with Crippen LogP contribution in [-0.4, -0.2) is 61.8 Å². The zero-order valence-electron chi connectivity index (χ0n) is 21.9. The topological polar surface area (TPSA) is 120 Å². The molecule has 0 aliphatic carbocycles. The van der Waals surface area contributed by atoms with Gasteiger partial charge in [0.1, 0.15) is 11.6 Å². The summed E-state index contributed by atoms with van der Waals surface area (Å²) in [6, 6.07) is 14.4. The summed E-state index contributed by atoms with van der Waals surface area (Å²) in [7, 11) is 3.39. The number of imidazole rings is 1. The number of hydrogen-bond donors (Lipinski definition) is 3. The molecule has 2 aromatic carbocycles. The molecule has 3 aromatic heterocycles. The fourth-order valence-electron chi connectivity index (χ4n) is 4.69. The molecule has 0 saturated heterocycles. The molecular formula is C29H30N6O3. The van der Waals surface area contributed by atoms with Crippen LogP contribution in [0.2, 0.25) is 0 Å². The first-order chi connectivity index (χ1) is 18.4. The number of methoxy groups -OCH3 is 1. The van der Waals surface area contributed by atoms with Gasteiger partial charge >= 0.3 is 0 Å². The monoisotopic (exact) mass is 510 g/mol. The molecule has 0 aliphatic heterocycles. The molecule has 0 fully saturated rings. The third kappa shape index (κ3) is 4.82. The third-order valence-electron chi connectivity index (χ3n) is 6.80. The van der Waals surface area contributed by atoms with Crippen molar-refractivity contribution in [3.63, 3.8) is 0 Å². The van der Waals surface area contributed by atoms with E-state index in [9.17, 15) is 9.90 Å². The van der Waals surface area contributed by atoms with Crippen LogP contribution >= 0.6 is 0 Å². The molecule has 3 N–H and O–H groups in total. The molecule has 38 heavy (non-hydrogen) atoms. The van der Waals surface area contributed by atoms with Gasteiger partial charge in [0.05, 0.1) is 29.4 Å². The molecule has 9 heteroatoms. The molecule has 9 nitrogen and oxygen atoms in total. The van der Waals surface area contributed by atoms with Crippen molar-refractivity contribution in [2.45, 2.75) is 26.7 Å². The fourth-order valence-corrected chi connectivity index (χ4v) is 4.69. The summed E-state index contributed by atoms with van der Waals surface area (Å²) in [5.41, 5.74) is 7.47. The zero-order valence-corrected chi connectivity index (χ0v) is 21.9. The van der Waals surface area contributed by atoms with Crippen LogP contribution in [-0.2, 0) is 6.42 Å². The van der Waals surface area contributed by atoms with E-state index < -0.39 is 0 Å². The van der Waals surface area contributed by atoms with Crippen molar-refractivity contribution in [2.75, 3.05) is 20.7 Å². The van der Waals surface area contributed by atoms with Gasteiger partial charge in [0.15, 0.2) is 0 Å². The molecule has 0 atom stereocenters. The second-order valence-corrected chi connectivity index (χ2v) is 9.35. The Bertz CT molecular complexity index is 1600. The first kappa shape index (κ1) is 25.0. The summed E-state index contributed by atoms with van der Waals surface area (Å²) >= 11 is 0. The van der Waals surface area contributed by atoms with E-state index in [4.69, 9.17) is 4.74 Å². The lowest BCUT2D eigenvalue weighted by Crippen LogP contribution is -2.28. The summed E-state index contributed by atoms with van der Waals surface area (Å²) in [4.78, 5) is 27.1. The number of carbonyl (C=O) groups excluding carboxylic acids is 1. The van der Waals surface area contributed by atoms with Crippen LogP contribution in [0, 0.1) is 13.8 Å². The Morgan fingerprint density at radius 1 is 1.11 bits per heavy atom. The van der Waals surface area contributed by atoms with Crippen LogP contribution in [0.25, 0.3) is 33.5 Å². The quantitative estimate of drug-likeness (QED) is 0.269. The lowest BCUT2D eigenvalue weighted by atomic mass is 10.0. The Labute approximate surface area is 220 Å². The van der Waals surface area contributed by atoms with Crippen LogP contribution in [0.3, 0.4) is 0 Å². The molecular weight excluding hydrogens is 480 g/mol. The number of benzene rings is 2. The van der Waals surface area contributed by atoms with E-state index in [1.165, 1.54) is 5.56 Å². The SMILES string of the molecule is COc1ncccc1-c1ccc(O)c(-c2nc3ccc(C(=O)N(C)CCCc4c(C)n[nH]c4C)cc3[nH]2)c1. The average molecular weight is 511 g/mol. The van der Waals surface area contributed by atoms with Crippen molar-refractivity contribution in [1.82, 2.24) is 30.0 Å². The number of rotatable bonds is 8. The number of H-pyrrole nitrogens is 2. The van der Waals surface area contributed by atoms with Gasteiger partial charge in [-0.2, -0.15) is 5.10 Å². The summed E-state index contributed by atoms with van der Waals surface area (Å²) in [5, 5.41) is 17.9. The van der Waals surface area contributed by atoms with Crippen LogP contribution < -0.4 is 4.74 Å². The number of fused-ring (bicyclic) bond motifs is 1. The molecule has 5 aromatic rings. The Morgan fingerprint density at radius 3 is 2.71 bits per heavy atom. The van der Waals surface area contributed by atoms with E-state index in [1.54, 1.807) is 36.4 Å². The third-order valence-corrected chi connectivity index (χ3v) is 6.80. The maximum Gasteiger partial charge on any atom is 0.253 e. The number of aryl methyl sites for hydroxylation is 2. The molecule has 0 unspecified atom stereocenters. The van der Waals surface area contributed by atoms with Crippen molar-refractivity contribution in [1.29, 1.82) is 0 Å². The first-order valence-corrected chi connectivity index (χ1v) is 12.4. The van der Waals surface area contributed by atoms with Gasteiger partial charge in [-0.1, -0.05) is 6.07 Å². The Hall–Kier alpha value is -4.66. The van der Waals surface area contributed by atoms with E-state index in [-0.39, 0.29) is 11.7 Å². The second-order valence-electron chi connectivity index (χ2n) is 9.35. The summed E-state index contributed by atoms with van der Waals surface area (Å²) < 4.78 is 5.39. The number of ether oxygens (including phenoxy) is 1. The lowest BCUT2D eigenvalue weighted by molar-refractivity contribution is 0.0793. The van der Waals surface area contributed by atoms with Gasteiger partial charge in [-0.05, 0) is 80.3 Å². The van der Waals surface area contributed by atoms with Gasteiger partial charge in [-0.3, -0.25) is 9.89 Å². The van der Waals surface area contributed by atoms with Gasteiger partial charge in [-0.25, -0.2) is 9.97 Å². The molecule has 0 spiro atoms. The standard InChI is InChI=1S/C29H30N6O3/c1-17-21(18(2)34-33-17)8-6-14-35(3)29(37)20-9-11-24-25(16-20)32-27(31-24)23-15-19(10-12-26(23)36)22-7-5-13-30-28(22)38-4/h5,7,9-13,15-16,36H,6,8,14H2,1-4H3,(H,31,32)(H,33,34). The highest BCUT2D eigenvalue weighted by Crippen LogP contribution is 2.35. The number of aromatic amines is 2. The van der Waals surface area contributed by atoms with Gasteiger partial charge in [0, 0.05) is 36.6 Å². The highest BCUT2D eigenvalue weighted by Gasteiger charge is 2.17. The van der Waals surface area contributed by atoms with Crippen LogP contribution in [0.4, 0.5) is 0 Å². The number of hydrogen-bond acceptors (Lipinski definition) is 6. The number of pyridine rings is 1. The fraction of sp³-hybridized carbons (Fsp3) is 0.241. The minimum absolute atomic E-state index is 0.0581. The predicted octanol–water partition coefficient (Wildman–Crippen LogP) is 5.05. The van der Waals surface area contributed by atoms with Crippen LogP contribution in [0.5, 0.6) is 11.6 Å². The van der Waals surface area contributed by atoms with E-state index in [2.05, 4.69) is 25.1 Å². The first-order valence-electron chi connectivity index (χ1n) is 12.4. The molecule has 0 bridgehead atoms. The number of aromatic nitrogens is 5. The molecule has 3 heterocycles. The van der Waals surface area contributed by atoms with Crippen molar-refractivity contribution in [3.8, 4) is 34.1 Å². The summed E-state index contributed by atoms with van der Waals surface area (Å²) in [6.07, 6.45) is 3.38. The Balaban J connectivity index is 1.36. The number of amides is 1. The maximum absolute atomic E-state index is 13.1. The second kappa shape index (κ2) is 10.4. The van der Waals surface area contributed by atoms with Crippen LogP contribution in [0.1, 0.15) is 33.7 Å². The minimum Gasteiger partial charge on any atom is -0.507 e. The normalized spacial score (nSPS) is 11.2. The van der Waals surface area contributed by atoms with Crippen molar-refractivity contribution in [3.05, 3.63) is 77.2 Å².